The minimum atomic E-state index is -0.508. The number of aromatic nitrogens is 1. The van der Waals surface area contributed by atoms with Crippen molar-refractivity contribution in [2.24, 2.45) is 11.7 Å². The third-order valence-corrected chi connectivity index (χ3v) is 4.15. The Morgan fingerprint density at radius 1 is 1.58 bits per heavy atom. The SMILES string of the molecule is CC1CCCCC1(CN)NC(=O)c1cncc(F)c1. The van der Waals surface area contributed by atoms with Gasteiger partial charge in [-0.25, -0.2) is 4.39 Å². The van der Waals surface area contributed by atoms with Crippen molar-refractivity contribution in [3.05, 3.63) is 29.8 Å². The molecule has 2 rings (SSSR count). The van der Waals surface area contributed by atoms with Gasteiger partial charge in [0.15, 0.2) is 0 Å². The second-order valence-corrected chi connectivity index (χ2v) is 5.35. The Labute approximate surface area is 112 Å². The Balaban J connectivity index is 2.16. The van der Waals surface area contributed by atoms with E-state index in [1.54, 1.807) is 0 Å². The van der Waals surface area contributed by atoms with Crippen LogP contribution in [0.15, 0.2) is 18.5 Å². The summed E-state index contributed by atoms with van der Waals surface area (Å²) in [6.45, 7) is 2.51. The molecule has 2 atom stereocenters. The van der Waals surface area contributed by atoms with Crippen LogP contribution < -0.4 is 11.1 Å². The summed E-state index contributed by atoms with van der Waals surface area (Å²) in [7, 11) is 0. The maximum absolute atomic E-state index is 13.1. The molecule has 0 aromatic carbocycles. The number of rotatable bonds is 3. The molecule has 0 radical (unpaired) electrons. The Kier molecular flexibility index (Phi) is 4.14. The van der Waals surface area contributed by atoms with E-state index < -0.39 is 5.82 Å². The molecule has 104 valence electrons. The summed E-state index contributed by atoms with van der Waals surface area (Å²) in [5.74, 6) is -0.478. The lowest BCUT2D eigenvalue weighted by atomic mass is 9.73. The molecule has 1 saturated carbocycles. The van der Waals surface area contributed by atoms with Gasteiger partial charge in [0.1, 0.15) is 5.82 Å². The summed E-state index contributed by atoms with van der Waals surface area (Å²) in [5, 5.41) is 3.00. The van der Waals surface area contributed by atoms with Crippen molar-refractivity contribution in [1.29, 1.82) is 0 Å². The summed E-state index contributed by atoms with van der Waals surface area (Å²) in [5.41, 5.74) is 5.75. The number of nitrogens with one attached hydrogen (secondary N) is 1. The first-order valence-electron chi connectivity index (χ1n) is 6.70. The molecule has 3 N–H and O–H groups in total. The minimum absolute atomic E-state index is 0.241. The van der Waals surface area contributed by atoms with Crippen LogP contribution in [0.2, 0.25) is 0 Å². The smallest absolute Gasteiger partial charge is 0.253 e. The lowest BCUT2D eigenvalue weighted by Crippen LogP contribution is -2.59. The molecule has 5 heteroatoms. The van der Waals surface area contributed by atoms with Crippen LogP contribution in [0.3, 0.4) is 0 Å². The predicted octanol–water partition coefficient (Wildman–Crippen LogP) is 1.86. The average Bonchev–Trinajstić information content (AvgIpc) is 2.41. The van der Waals surface area contributed by atoms with E-state index in [1.165, 1.54) is 18.7 Å². The van der Waals surface area contributed by atoms with E-state index in [4.69, 9.17) is 5.73 Å². The molecule has 1 aromatic heterocycles. The molecule has 1 heterocycles. The zero-order chi connectivity index (χ0) is 13.9. The van der Waals surface area contributed by atoms with Gasteiger partial charge >= 0.3 is 0 Å². The quantitative estimate of drug-likeness (QED) is 0.876. The highest BCUT2D eigenvalue weighted by atomic mass is 19.1. The number of amides is 1. The highest BCUT2D eigenvalue weighted by Crippen LogP contribution is 2.33. The van der Waals surface area contributed by atoms with E-state index in [0.29, 0.717) is 12.5 Å². The van der Waals surface area contributed by atoms with Gasteiger partial charge in [0, 0.05) is 12.7 Å². The van der Waals surface area contributed by atoms with Crippen molar-refractivity contribution in [1.82, 2.24) is 10.3 Å². The molecule has 1 aromatic rings. The number of carbonyl (C=O) groups is 1. The standard InChI is InChI=1S/C14H20FN3O/c1-10-4-2-3-5-14(10,9-16)18-13(19)11-6-12(15)8-17-7-11/h6-8,10H,2-5,9,16H2,1H3,(H,18,19). The molecule has 19 heavy (non-hydrogen) atoms. The molecule has 0 bridgehead atoms. The molecule has 0 saturated heterocycles. The summed E-state index contributed by atoms with van der Waals surface area (Å²) in [4.78, 5) is 15.9. The lowest BCUT2D eigenvalue weighted by molar-refractivity contribution is 0.0812. The second-order valence-electron chi connectivity index (χ2n) is 5.35. The monoisotopic (exact) mass is 265 g/mol. The summed E-state index contributed by atoms with van der Waals surface area (Å²) in [6, 6.07) is 1.19. The van der Waals surface area contributed by atoms with Crippen LogP contribution in [0.1, 0.15) is 43.0 Å². The van der Waals surface area contributed by atoms with Crippen molar-refractivity contribution >= 4 is 5.91 Å². The minimum Gasteiger partial charge on any atom is -0.345 e. The molecule has 1 aliphatic rings. The fourth-order valence-corrected chi connectivity index (χ4v) is 2.79. The summed E-state index contributed by atoms with van der Waals surface area (Å²) >= 11 is 0. The molecule has 1 fully saturated rings. The van der Waals surface area contributed by atoms with Crippen LogP contribution in [-0.2, 0) is 0 Å². The number of pyridine rings is 1. The third-order valence-electron chi connectivity index (χ3n) is 4.15. The lowest BCUT2D eigenvalue weighted by Gasteiger charge is -2.42. The van der Waals surface area contributed by atoms with E-state index in [2.05, 4.69) is 17.2 Å². The van der Waals surface area contributed by atoms with Gasteiger partial charge in [0.25, 0.3) is 5.91 Å². The van der Waals surface area contributed by atoms with E-state index >= 15 is 0 Å². The van der Waals surface area contributed by atoms with Crippen molar-refractivity contribution in [3.8, 4) is 0 Å². The highest BCUT2D eigenvalue weighted by Gasteiger charge is 2.38. The maximum Gasteiger partial charge on any atom is 0.253 e. The number of nitrogens with zero attached hydrogens (tertiary/aromatic N) is 1. The van der Waals surface area contributed by atoms with Crippen molar-refractivity contribution in [3.63, 3.8) is 0 Å². The molecule has 1 amide bonds. The molecule has 0 spiro atoms. The first-order valence-corrected chi connectivity index (χ1v) is 6.70. The van der Waals surface area contributed by atoms with E-state index in [0.717, 1.165) is 25.5 Å². The number of nitrogens with two attached hydrogens (primary N) is 1. The first-order chi connectivity index (χ1) is 9.07. The summed E-state index contributed by atoms with van der Waals surface area (Å²) in [6.07, 6.45) is 6.61. The molecule has 2 unspecified atom stereocenters. The van der Waals surface area contributed by atoms with Crippen LogP contribution in [0.4, 0.5) is 4.39 Å². The van der Waals surface area contributed by atoms with Crippen LogP contribution in [-0.4, -0.2) is 23.0 Å². The van der Waals surface area contributed by atoms with Gasteiger partial charge in [0.05, 0.1) is 17.3 Å². The topological polar surface area (TPSA) is 68.0 Å². The van der Waals surface area contributed by atoms with Crippen molar-refractivity contribution in [2.75, 3.05) is 6.54 Å². The van der Waals surface area contributed by atoms with Gasteiger partial charge in [-0.15, -0.1) is 0 Å². The fraction of sp³-hybridized carbons (Fsp3) is 0.571. The number of hydrogen-bond acceptors (Lipinski definition) is 3. The fourth-order valence-electron chi connectivity index (χ4n) is 2.79. The van der Waals surface area contributed by atoms with Crippen LogP contribution in [0.5, 0.6) is 0 Å². The number of hydrogen-bond donors (Lipinski definition) is 2. The number of carbonyl (C=O) groups excluding carboxylic acids is 1. The first kappa shape index (κ1) is 13.9. The zero-order valence-corrected chi connectivity index (χ0v) is 11.2. The van der Waals surface area contributed by atoms with Gasteiger partial charge in [-0.1, -0.05) is 19.8 Å². The van der Waals surface area contributed by atoms with E-state index in [-0.39, 0.29) is 17.0 Å². The van der Waals surface area contributed by atoms with Crippen molar-refractivity contribution in [2.45, 2.75) is 38.1 Å². The van der Waals surface area contributed by atoms with Gasteiger partial charge < -0.3 is 11.1 Å². The Bertz CT molecular complexity index is 466. The van der Waals surface area contributed by atoms with Gasteiger partial charge in [-0.2, -0.15) is 0 Å². The Morgan fingerprint density at radius 2 is 2.37 bits per heavy atom. The van der Waals surface area contributed by atoms with Gasteiger partial charge in [-0.3, -0.25) is 9.78 Å². The maximum atomic E-state index is 13.1. The second kappa shape index (κ2) is 5.65. The Morgan fingerprint density at radius 3 is 3.00 bits per heavy atom. The van der Waals surface area contributed by atoms with E-state index in [9.17, 15) is 9.18 Å². The Hall–Kier alpha value is -1.49. The molecule has 0 aliphatic heterocycles. The molecular weight excluding hydrogens is 245 g/mol. The molecule has 4 nitrogen and oxygen atoms in total. The zero-order valence-electron chi connectivity index (χ0n) is 11.2. The van der Waals surface area contributed by atoms with Gasteiger partial charge in [0.2, 0.25) is 0 Å². The summed E-state index contributed by atoms with van der Waals surface area (Å²) < 4.78 is 13.1. The predicted molar refractivity (Wildman–Crippen MR) is 71.1 cm³/mol. The normalized spacial score (nSPS) is 27.0. The molecular formula is C14H20FN3O. The van der Waals surface area contributed by atoms with Crippen LogP contribution in [0.25, 0.3) is 0 Å². The van der Waals surface area contributed by atoms with Crippen molar-refractivity contribution < 1.29 is 9.18 Å². The number of halogens is 1. The highest BCUT2D eigenvalue weighted by molar-refractivity contribution is 5.94. The molecule has 1 aliphatic carbocycles. The van der Waals surface area contributed by atoms with Crippen LogP contribution in [0, 0.1) is 11.7 Å². The van der Waals surface area contributed by atoms with Gasteiger partial charge in [-0.05, 0) is 24.8 Å². The average molecular weight is 265 g/mol. The van der Waals surface area contributed by atoms with E-state index in [1.807, 2.05) is 0 Å². The largest absolute Gasteiger partial charge is 0.345 e. The third kappa shape index (κ3) is 2.92. The van der Waals surface area contributed by atoms with Crippen LogP contribution >= 0.6 is 0 Å².